The summed E-state index contributed by atoms with van der Waals surface area (Å²) in [7, 11) is 0. The summed E-state index contributed by atoms with van der Waals surface area (Å²) in [5, 5.41) is 4.94. The predicted octanol–water partition coefficient (Wildman–Crippen LogP) is 15.0. The van der Waals surface area contributed by atoms with Crippen LogP contribution in [0, 0.1) is 0 Å². The third-order valence-electron chi connectivity index (χ3n) is 12.1. The van der Waals surface area contributed by atoms with Crippen LogP contribution in [0.25, 0.3) is 111 Å². The highest BCUT2D eigenvalue weighted by Crippen LogP contribution is 2.38. The smallest absolute Gasteiger partial charge is 0.160 e. The van der Waals surface area contributed by atoms with Gasteiger partial charge in [0, 0.05) is 49.6 Å². The molecule has 0 saturated carbocycles. The second-order valence-corrected chi connectivity index (χ2v) is 15.8. The van der Waals surface area contributed by atoms with E-state index in [0.717, 1.165) is 50.6 Å². The van der Waals surface area contributed by atoms with Crippen LogP contribution < -0.4 is 0 Å². The Kier molecular flexibility index (Phi) is 8.46. The van der Waals surface area contributed by atoms with Gasteiger partial charge in [-0.25, -0.2) is 9.97 Å². The van der Waals surface area contributed by atoms with E-state index in [0.29, 0.717) is 5.82 Å². The first kappa shape index (κ1) is 35.6. The zero-order chi connectivity index (χ0) is 41.0. The standard InChI is InChI=1S/C58H38N4/c1-4-15-40(16-5-1)52-38-53(41-17-6-2-7-18-41)60-58(59-52)42-29-27-39(28-30-42)44-32-34-56-51(36-44)49-24-11-13-26-55(49)62(56)47-22-14-19-43(35-47)45-31-33-50-48-23-10-12-25-54(48)61(57(50)37-45)46-20-8-3-9-21-46/h1-38H. The minimum absolute atomic E-state index is 0.705. The van der Waals surface area contributed by atoms with E-state index in [4.69, 9.17) is 9.97 Å². The second-order valence-electron chi connectivity index (χ2n) is 15.8. The van der Waals surface area contributed by atoms with Gasteiger partial charge in [0.05, 0.1) is 33.5 Å². The van der Waals surface area contributed by atoms with Gasteiger partial charge >= 0.3 is 0 Å². The maximum Gasteiger partial charge on any atom is 0.160 e. The van der Waals surface area contributed by atoms with Gasteiger partial charge in [-0.1, -0.05) is 170 Å². The summed E-state index contributed by atoms with van der Waals surface area (Å²) in [5.74, 6) is 0.705. The van der Waals surface area contributed by atoms with Crippen LogP contribution in [0.5, 0.6) is 0 Å². The molecule has 0 aliphatic carbocycles. The molecule has 3 heterocycles. The van der Waals surface area contributed by atoms with Crippen molar-refractivity contribution in [2.75, 3.05) is 0 Å². The molecule has 12 aromatic rings. The molecule has 0 spiro atoms. The first-order valence-electron chi connectivity index (χ1n) is 21.1. The lowest BCUT2D eigenvalue weighted by Gasteiger charge is -2.12. The minimum Gasteiger partial charge on any atom is -0.309 e. The average Bonchev–Trinajstić information content (AvgIpc) is 3.87. The van der Waals surface area contributed by atoms with E-state index < -0.39 is 0 Å². The van der Waals surface area contributed by atoms with E-state index in [1.54, 1.807) is 0 Å². The molecule has 0 aliphatic rings. The topological polar surface area (TPSA) is 35.6 Å². The molecule has 290 valence electrons. The Bertz CT molecular complexity index is 3550. The summed E-state index contributed by atoms with van der Waals surface area (Å²) in [6.07, 6.45) is 0. The van der Waals surface area contributed by atoms with Crippen LogP contribution in [-0.4, -0.2) is 19.1 Å². The van der Waals surface area contributed by atoms with Gasteiger partial charge in [0.15, 0.2) is 5.82 Å². The van der Waals surface area contributed by atoms with E-state index in [-0.39, 0.29) is 0 Å². The van der Waals surface area contributed by atoms with Crippen LogP contribution in [0.1, 0.15) is 0 Å². The zero-order valence-corrected chi connectivity index (χ0v) is 33.7. The van der Waals surface area contributed by atoms with Crippen molar-refractivity contribution in [3.8, 4) is 67.5 Å². The number of nitrogens with zero attached hydrogens (tertiary/aromatic N) is 4. The van der Waals surface area contributed by atoms with Gasteiger partial charge in [0.1, 0.15) is 0 Å². The lowest BCUT2D eigenvalue weighted by atomic mass is 10.0. The molecule has 0 aliphatic heterocycles. The third-order valence-corrected chi connectivity index (χ3v) is 12.1. The predicted molar refractivity (Wildman–Crippen MR) is 258 cm³/mol. The van der Waals surface area contributed by atoms with E-state index >= 15 is 0 Å². The second kappa shape index (κ2) is 14.7. The van der Waals surface area contributed by atoms with Gasteiger partial charge in [-0.05, 0) is 82.9 Å². The highest BCUT2D eigenvalue weighted by atomic mass is 15.0. The van der Waals surface area contributed by atoms with Crippen molar-refractivity contribution >= 4 is 43.6 Å². The fourth-order valence-electron chi connectivity index (χ4n) is 9.16. The summed E-state index contributed by atoms with van der Waals surface area (Å²) in [6, 6.07) is 82.2. The van der Waals surface area contributed by atoms with Crippen molar-refractivity contribution in [3.05, 3.63) is 231 Å². The Morgan fingerprint density at radius 1 is 0.242 bits per heavy atom. The van der Waals surface area contributed by atoms with E-state index in [2.05, 4.69) is 203 Å². The number of benzene rings is 9. The monoisotopic (exact) mass is 790 g/mol. The summed E-state index contributed by atoms with van der Waals surface area (Å²) in [6.45, 7) is 0. The van der Waals surface area contributed by atoms with Gasteiger partial charge in [0.2, 0.25) is 0 Å². The summed E-state index contributed by atoms with van der Waals surface area (Å²) >= 11 is 0. The molecule has 62 heavy (non-hydrogen) atoms. The van der Waals surface area contributed by atoms with E-state index in [1.165, 1.54) is 54.7 Å². The fraction of sp³-hybridized carbons (Fsp3) is 0. The van der Waals surface area contributed by atoms with Crippen LogP contribution in [0.15, 0.2) is 231 Å². The number of hydrogen-bond acceptors (Lipinski definition) is 2. The Labute approximate surface area is 359 Å². The van der Waals surface area contributed by atoms with Crippen LogP contribution in [0.4, 0.5) is 0 Å². The van der Waals surface area contributed by atoms with Crippen LogP contribution >= 0.6 is 0 Å². The molecule has 3 aromatic heterocycles. The van der Waals surface area contributed by atoms with E-state index in [9.17, 15) is 0 Å². The quantitative estimate of drug-likeness (QED) is 0.161. The van der Waals surface area contributed by atoms with Gasteiger partial charge in [-0.15, -0.1) is 0 Å². The Morgan fingerprint density at radius 3 is 1.37 bits per heavy atom. The lowest BCUT2D eigenvalue weighted by molar-refractivity contribution is 1.18. The summed E-state index contributed by atoms with van der Waals surface area (Å²) in [4.78, 5) is 10.1. The number of aromatic nitrogens is 4. The summed E-state index contributed by atoms with van der Waals surface area (Å²) < 4.78 is 4.79. The number of fused-ring (bicyclic) bond motifs is 6. The van der Waals surface area contributed by atoms with Gasteiger partial charge in [0.25, 0.3) is 0 Å². The molecule has 0 fully saturated rings. The Balaban J connectivity index is 0.923. The van der Waals surface area contributed by atoms with E-state index in [1.807, 2.05) is 36.4 Å². The Morgan fingerprint density at radius 2 is 0.694 bits per heavy atom. The molecule has 9 aromatic carbocycles. The molecule has 0 N–H and O–H groups in total. The van der Waals surface area contributed by atoms with Gasteiger partial charge in [-0.3, -0.25) is 0 Å². The molecular formula is C58H38N4. The van der Waals surface area contributed by atoms with Crippen LogP contribution in [0.2, 0.25) is 0 Å². The van der Waals surface area contributed by atoms with Crippen molar-refractivity contribution in [1.82, 2.24) is 19.1 Å². The normalized spacial score (nSPS) is 11.5. The summed E-state index contributed by atoms with van der Waals surface area (Å²) in [5.41, 5.74) is 16.6. The third kappa shape index (κ3) is 6.08. The Hall–Kier alpha value is -8.34. The van der Waals surface area contributed by atoms with Crippen molar-refractivity contribution in [3.63, 3.8) is 0 Å². The van der Waals surface area contributed by atoms with Crippen molar-refractivity contribution in [1.29, 1.82) is 0 Å². The molecule has 4 heteroatoms. The lowest BCUT2D eigenvalue weighted by Crippen LogP contribution is -1.96. The van der Waals surface area contributed by atoms with Gasteiger partial charge in [-0.2, -0.15) is 0 Å². The molecule has 0 unspecified atom stereocenters. The first-order chi connectivity index (χ1) is 30.7. The number of rotatable bonds is 7. The number of hydrogen-bond donors (Lipinski definition) is 0. The van der Waals surface area contributed by atoms with Crippen molar-refractivity contribution in [2.24, 2.45) is 0 Å². The molecule has 0 atom stereocenters. The first-order valence-corrected chi connectivity index (χ1v) is 21.1. The molecule has 4 nitrogen and oxygen atoms in total. The highest BCUT2D eigenvalue weighted by Gasteiger charge is 2.17. The van der Waals surface area contributed by atoms with Crippen molar-refractivity contribution < 1.29 is 0 Å². The maximum absolute atomic E-state index is 5.06. The maximum atomic E-state index is 5.06. The van der Waals surface area contributed by atoms with Crippen LogP contribution in [-0.2, 0) is 0 Å². The highest BCUT2D eigenvalue weighted by molar-refractivity contribution is 6.11. The number of para-hydroxylation sites is 3. The fourth-order valence-corrected chi connectivity index (χ4v) is 9.16. The van der Waals surface area contributed by atoms with Crippen molar-refractivity contribution in [2.45, 2.75) is 0 Å². The molecular weight excluding hydrogens is 753 g/mol. The molecule has 0 amide bonds. The molecule has 0 saturated heterocycles. The zero-order valence-electron chi connectivity index (χ0n) is 33.7. The molecule has 0 bridgehead atoms. The largest absolute Gasteiger partial charge is 0.309 e. The van der Waals surface area contributed by atoms with Gasteiger partial charge < -0.3 is 9.13 Å². The molecule has 12 rings (SSSR count). The minimum atomic E-state index is 0.705. The average molecular weight is 791 g/mol. The van der Waals surface area contributed by atoms with Crippen LogP contribution in [0.3, 0.4) is 0 Å². The molecule has 0 radical (unpaired) electrons. The SMILES string of the molecule is c1ccc(-c2cc(-c3ccccc3)nc(-c3ccc(-c4ccc5c(c4)c4ccccc4n5-c4cccc(-c5ccc6c7ccccc7n(-c7ccccc7)c6c5)c4)cc3)n2)cc1.